The third kappa shape index (κ3) is 4.42. The second-order valence-corrected chi connectivity index (χ2v) is 7.34. The largest absolute Gasteiger partial charge is 0.454 e. The Morgan fingerprint density at radius 3 is 2.45 bits per heavy atom. The lowest BCUT2D eigenvalue weighted by atomic mass is 10.1. The van der Waals surface area contributed by atoms with Gasteiger partial charge in [0.15, 0.2) is 11.5 Å². The molecule has 2 aliphatic rings. The van der Waals surface area contributed by atoms with E-state index < -0.39 is 0 Å². The molecule has 0 spiro atoms. The Hall–Kier alpha value is -3.28. The first kappa shape index (κ1) is 19.1. The number of aryl methyl sites for hydroxylation is 1. The van der Waals surface area contributed by atoms with E-state index >= 15 is 0 Å². The second kappa shape index (κ2) is 8.39. The monoisotopic (exact) mass is 392 g/mol. The minimum absolute atomic E-state index is 0.164. The van der Waals surface area contributed by atoms with Crippen LogP contribution in [-0.2, 0) is 4.79 Å². The highest BCUT2D eigenvalue weighted by Gasteiger charge is 2.23. The van der Waals surface area contributed by atoms with Gasteiger partial charge in [-0.3, -0.25) is 9.59 Å². The molecule has 2 aliphatic heterocycles. The van der Waals surface area contributed by atoms with Gasteiger partial charge in [0, 0.05) is 18.7 Å². The first-order chi connectivity index (χ1) is 14.1. The van der Waals surface area contributed by atoms with Crippen LogP contribution in [-0.4, -0.2) is 36.6 Å². The van der Waals surface area contributed by atoms with E-state index in [1.54, 1.807) is 29.2 Å². The number of ether oxygens (including phenoxy) is 2. The number of nitrogens with zero attached hydrogens (tertiary/aromatic N) is 1. The van der Waals surface area contributed by atoms with Gasteiger partial charge in [0.2, 0.25) is 6.79 Å². The maximum Gasteiger partial charge on any atom is 0.270 e. The Balaban J connectivity index is 1.62. The van der Waals surface area contributed by atoms with E-state index in [0.29, 0.717) is 30.2 Å². The number of fused-ring (bicyclic) bond motifs is 1. The molecule has 0 unspecified atom stereocenters. The van der Waals surface area contributed by atoms with Crippen molar-refractivity contribution < 1.29 is 19.1 Å². The third-order valence-corrected chi connectivity index (χ3v) is 5.14. The number of carbonyl (C=O) groups excluding carboxylic acids is 2. The van der Waals surface area contributed by atoms with E-state index in [0.717, 1.165) is 30.4 Å². The number of likely N-dealkylation sites (tertiary alicyclic amines) is 1. The van der Waals surface area contributed by atoms with Crippen molar-refractivity contribution in [1.29, 1.82) is 0 Å². The van der Waals surface area contributed by atoms with Crippen LogP contribution < -0.4 is 14.8 Å². The lowest BCUT2D eigenvalue weighted by Crippen LogP contribution is -2.41. The molecule has 0 aromatic heterocycles. The van der Waals surface area contributed by atoms with Crippen LogP contribution in [0.2, 0.25) is 0 Å². The maximum absolute atomic E-state index is 13.1. The minimum Gasteiger partial charge on any atom is -0.454 e. The van der Waals surface area contributed by atoms with Gasteiger partial charge >= 0.3 is 0 Å². The third-order valence-electron chi connectivity index (χ3n) is 5.14. The van der Waals surface area contributed by atoms with E-state index in [4.69, 9.17) is 9.47 Å². The number of hydrogen-bond donors (Lipinski definition) is 1. The molecule has 1 N–H and O–H groups in total. The molecule has 0 aliphatic carbocycles. The smallest absolute Gasteiger partial charge is 0.270 e. The molecule has 0 bridgehead atoms. The van der Waals surface area contributed by atoms with Gasteiger partial charge in [-0.25, -0.2) is 0 Å². The average molecular weight is 392 g/mol. The van der Waals surface area contributed by atoms with Crippen molar-refractivity contribution >= 4 is 17.9 Å². The van der Waals surface area contributed by atoms with Gasteiger partial charge in [-0.15, -0.1) is 0 Å². The van der Waals surface area contributed by atoms with Crippen LogP contribution in [0.1, 0.15) is 40.7 Å². The van der Waals surface area contributed by atoms with Crippen molar-refractivity contribution in [3.05, 3.63) is 64.9 Å². The molecule has 6 heteroatoms. The van der Waals surface area contributed by atoms with E-state index in [1.165, 1.54) is 0 Å². The van der Waals surface area contributed by atoms with Crippen LogP contribution in [0.15, 0.2) is 48.2 Å². The van der Waals surface area contributed by atoms with Crippen molar-refractivity contribution in [3.8, 4) is 11.5 Å². The fraction of sp³-hybridized carbons (Fsp3) is 0.304. The molecule has 6 nitrogen and oxygen atoms in total. The first-order valence-electron chi connectivity index (χ1n) is 9.89. The van der Waals surface area contributed by atoms with Crippen molar-refractivity contribution in [1.82, 2.24) is 10.2 Å². The molecule has 150 valence electrons. The fourth-order valence-corrected chi connectivity index (χ4v) is 3.49. The molecule has 2 aromatic rings. The number of hydrogen-bond acceptors (Lipinski definition) is 4. The standard InChI is InChI=1S/C23H24N2O4/c1-16-5-8-18(9-6-16)22(26)24-19(23(27)25-11-3-2-4-12-25)13-17-7-10-20-21(14-17)29-15-28-20/h5-10,13-14H,2-4,11-12,15H2,1H3,(H,24,26)/b19-13-. The van der Waals surface area contributed by atoms with Gasteiger partial charge in [-0.2, -0.15) is 0 Å². The molecule has 2 heterocycles. The van der Waals surface area contributed by atoms with Gasteiger partial charge in [-0.05, 0) is 62.1 Å². The summed E-state index contributed by atoms with van der Waals surface area (Å²) < 4.78 is 10.8. The summed E-state index contributed by atoms with van der Waals surface area (Å²) in [5.74, 6) is 0.841. The van der Waals surface area contributed by atoms with Gasteiger partial charge in [0.25, 0.3) is 11.8 Å². The molecule has 2 aromatic carbocycles. The quantitative estimate of drug-likeness (QED) is 0.809. The average Bonchev–Trinajstić information content (AvgIpc) is 3.21. The highest BCUT2D eigenvalue weighted by molar-refractivity contribution is 6.05. The fourth-order valence-electron chi connectivity index (χ4n) is 3.49. The molecule has 1 saturated heterocycles. The number of nitrogens with one attached hydrogen (secondary N) is 1. The summed E-state index contributed by atoms with van der Waals surface area (Å²) >= 11 is 0. The van der Waals surface area contributed by atoms with Crippen LogP contribution in [0, 0.1) is 6.92 Å². The van der Waals surface area contributed by atoms with Crippen molar-refractivity contribution in [3.63, 3.8) is 0 Å². The molecular formula is C23H24N2O4. The molecule has 29 heavy (non-hydrogen) atoms. The van der Waals surface area contributed by atoms with E-state index in [2.05, 4.69) is 5.32 Å². The highest BCUT2D eigenvalue weighted by atomic mass is 16.7. The summed E-state index contributed by atoms with van der Waals surface area (Å²) in [4.78, 5) is 27.7. The zero-order chi connectivity index (χ0) is 20.2. The van der Waals surface area contributed by atoms with Crippen LogP contribution >= 0.6 is 0 Å². The Labute approximate surface area is 170 Å². The summed E-state index contributed by atoms with van der Waals surface area (Å²) in [6.07, 6.45) is 4.79. The van der Waals surface area contributed by atoms with Gasteiger partial charge in [0.05, 0.1) is 0 Å². The SMILES string of the molecule is Cc1ccc(C(=O)N/C(=C\c2ccc3c(c2)OCO3)C(=O)N2CCCCC2)cc1. The van der Waals surface area contributed by atoms with E-state index in [1.807, 2.05) is 31.2 Å². The van der Waals surface area contributed by atoms with Crippen LogP contribution in [0.3, 0.4) is 0 Å². The highest BCUT2D eigenvalue weighted by Crippen LogP contribution is 2.33. The lowest BCUT2D eigenvalue weighted by Gasteiger charge is -2.27. The van der Waals surface area contributed by atoms with E-state index in [-0.39, 0.29) is 24.3 Å². The molecule has 0 saturated carbocycles. The zero-order valence-electron chi connectivity index (χ0n) is 16.4. The molecule has 4 rings (SSSR count). The maximum atomic E-state index is 13.1. The molecule has 2 amide bonds. The number of amides is 2. The summed E-state index contributed by atoms with van der Waals surface area (Å²) in [5, 5.41) is 2.82. The van der Waals surface area contributed by atoms with E-state index in [9.17, 15) is 9.59 Å². The normalized spacial score (nSPS) is 15.9. The lowest BCUT2D eigenvalue weighted by molar-refractivity contribution is -0.128. The van der Waals surface area contributed by atoms with Gasteiger partial charge in [-0.1, -0.05) is 23.8 Å². The van der Waals surface area contributed by atoms with Gasteiger partial charge < -0.3 is 19.7 Å². The summed E-state index contributed by atoms with van der Waals surface area (Å²) in [6, 6.07) is 12.7. The molecule has 1 fully saturated rings. The predicted octanol–water partition coefficient (Wildman–Crippen LogP) is 3.51. The predicted molar refractivity (Wildman–Crippen MR) is 110 cm³/mol. The topological polar surface area (TPSA) is 67.9 Å². The Kier molecular flexibility index (Phi) is 5.51. The summed E-state index contributed by atoms with van der Waals surface area (Å²) in [7, 11) is 0. The Morgan fingerprint density at radius 1 is 0.966 bits per heavy atom. The van der Waals surface area contributed by atoms with Gasteiger partial charge in [0.1, 0.15) is 5.70 Å². The van der Waals surface area contributed by atoms with Crippen LogP contribution in [0.5, 0.6) is 11.5 Å². The van der Waals surface area contributed by atoms with Crippen molar-refractivity contribution in [2.24, 2.45) is 0 Å². The van der Waals surface area contributed by atoms with Crippen LogP contribution in [0.25, 0.3) is 6.08 Å². The number of benzene rings is 2. The summed E-state index contributed by atoms with van der Waals surface area (Å²) in [5.41, 5.74) is 2.61. The molecule has 0 atom stereocenters. The molecular weight excluding hydrogens is 368 g/mol. The minimum atomic E-state index is -0.303. The number of carbonyl (C=O) groups is 2. The Bertz CT molecular complexity index is 944. The molecule has 0 radical (unpaired) electrons. The summed E-state index contributed by atoms with van der Waals surface area (Å²) in [6.45, 7) is 3.56. The van der Waals surface area contributed by atoms with Crippen molar-refractivity contribution in [2.75, 3.05) is 19.9 Å². The Morgan fingerprint density at radius 2 is 1.69 bits per heavy atom. The number of piperidine rings is 1. The number of rotatable bonds is 4. The zero-order valence-corrected chi connectivity index (χ0v) is 16.4. The second-order valence-electron chi connectivity index (χ2n) is 7.34. The van der Waals surface area contributed by atoms with Crippen molar-refractivity contribution in [2.45, 2.75) is 26.2 Å². The first-order valence-corrected chi connectivity index (χ1v) is 9.89. The van der Waals surface area contributed by atoms with Crippen LogP contribution in [0.4, 0.5) is 0 Å².